The van der Waals surface area contributed by atoms with E-state index in [0.717, 1.165) is 76.3 Å². The summed E-state index contributed by atoms with van der Waals surface area (Å²) in [6, 6.07) is 5.58. The highest BCUT2D eigenvalue weighted by atomic mass is 16.5. The first-order chi connectivity index (χ1) is 14.2. The molecular formula is C24H37NO4. The Morgan fingerprint density at radius 2 is 1.83 bits per heavy atom. The van der Waals surface area contributed by atoms with Crippen molar-refractivity contribution in [2.75, 3.05) is 0 Å². The molecule has 0 radical (unpaired) electrons. The van der Waals surface area contributed by atoms with E-state index < -0.39 is 0 Å². The second-order valence-corrected chi connectivity index (χ2v) is 8.04. The van der Waals surface area contributed by atoms with Crippen LogP contribution >= 0.6 is 0 Å². The Hall–Kier alpha value is -1.75. The van der Waals surface area contributed by atoms with E-state index in [1.165, 1.54) is 0 Å². The fraction of sp³-hybridized carbons (Fsp3) is 0.708. The number of rotatable bonds is 15. The van der Waals surface area contributed by atoms with Crippen LogP contribution in [0.2, 0.25) is 0 Å². The Bertz CT molecular complexity index is 590. The molecule has 162 valence electrons. The third-order valence-electron chi connectivity index (χ3n) is 5.51. The zero-order valence-corrected chi connectivity index (χ0v) is 17.9. The summed E-state index contributed by atoms with van der Waals surface area (Å²) >= 11 is 0. The summed E-state index contributed by atoms with van der Waals surface area (Å²) in [5, 5.41) is 0. The molecule has 1 aliphatic heterocycles. The molecule has 29 heavy (non-hydrogen) atoms. The van der Waals surface area contributed by atoms with Gasteiger partial charge in [-0.3, -0.25) is 14.6 Å². The predicted molar refractivity (Wildman–Crippen MR) is 113 cm³/mol. The molecule has 0 aromatic carbocycles. The summed E-state index contributed by atoms with van der Waals surface area (Å²) in [7, 11) is 0. The van der Waals surface area contributed by atoms with Gasteiger partial charge in [0.25, 0.3) is 0 Å². The van der Waals surface area contributed by atoms with Crippen LogP contribution in [0.15, 0.2) is 24.4 Å². The van der Waals surface area contributed by atoms with Gasteiger partial charge in [0.05, 0.1) is 11.8 Å². The van der Waals surface area contributed by atoms with Gasteiger partial charge < -0.3 is 9.47 Å². The van der Waals surface area contributed by atoms with Crippen molar-refractivity contribution in [3.63, 3.8) is 0 Å². The number of nitrogens with zero attached hydrogens (tertiary/aromatic N) is 1. The van der Waals surface area contributed by atoms with Crippen LogP contribution in [0.3, 0.4) is 0 Å². The van der Waals surface area contributed by atoms with Crippen LogP contribution in [-0.4, -0.2) is 28.9 Å². The first-order valence-corrected chi connectivity index (χ1v) is 11.4. The van der Waals surface area contributed by atoms with Crippen LogP contribution in [0.5, 0.6) is 0 Å². The molecule has 1 fully saturated rings. The van der Waals surface area contributed by atoms with Crippen LogP contribution in [0.1, 0.15) is 96.1 Å². The molecular weight excluding hydrogens is 366 g/mol. The average molecular weight is 404 g/mol. The molecule has 1 aromatic rings. The summed E-state index contributed by atoms with van der Waals surface area (Å²) in [6.07, 6.45) is 14.5. The zero-order valence-electron chi connectivity index (χ0n) is 17.9. The monoisotopic (exact) mass is 403 g/mol. The Labute approximate surface area is 175 Å². The number of ether oxygens (including phenoxy) is 2. The molecule has 5 nitrogen and oxygen atoms in total. The number of Topliss-reactive ketones (excluding diaryl/α,β-unsaturated/α-hetero) is 1. The normalized spacial score (nSPS) is 18.7. The largest absolute Gasteiger partial charge is 0.459 e. The average Bonchev–Trinajstić information content (AvgIpc) is 3.21. The molecule has 0 N–H and O–H groups in total. The fourth-order valence-electron chi connectivity index (χ4n) is 3.75. The molecule has 2 unspecified atom stereocenters. The molecule has 1 aromatic heterocycles. The van der Waals surface area contributed by atoms with E-state index in [1.54, 1.807) is 6.20 Å². The van der Waals surface area contributed by atoms with Gasteiger partial charge in [-0.1, -0.05) is 51.5 Å². The van der Waals surface area contributed by atoms with E-state index in [9.17, 15) is 9.59 Å². The van der Waals surface area contributed by atoms with Gasteiger partial charge in [0.1, 0.15) is 12.7 Å². The van der Waals surface area contributed by atoms with Crippen LogP contribution in [0, 0.1) is 0 Å². The van der Waals surface area contributed by atoms with Gasteiger partial charge >= 0.3 is 5.97 Å². The van der Waals surface area contributed by atoms with Gasteiger partial charge in [-0.2, -0.15) is 0 Å². The highest BCUT2D eigenvalue weighted by molar-refractivity contribution is 5.83. The molecule has 0 amide bonds. The van der Waals surface area contributed by atoms with Crippen LogP contribution in [0.25, 0.3) is 0 Å². The summed E-state index contributed by atoms with van der Waals surface area (Å²) in [4.78, 5) is 28.0. The number of carbonyl (C=O) groups is 2. The van der Waals surface area contributed by atoms with E-state index in [-0.39, 0.29) is 24.8 Å². The summed E-state index contributed by atoms with van der Waals surface area (Å²) in [5.74, 6) is 0.153. The van der Waals surface area contributed by atoms with Crippen molar-refractivity contribution in [3.05, 3.63) is 30.1 Å². The number of hydrogen-bond donors (Lipinski definition) is 0. The minimum absolute atomic E-state index is 0.144. The van der Waals surface area contributed by atoms with Gasteiger partial charge in [0.2, 0.25) is 0 Å². The van der Waals surface area contributed by atoms with E-state index in [2.05, 4.69) is 11.9 Å². The molecule has 2 rings (SSSR count). The standard InChI is InChI=1S/C24H37NO4/c1-2-3-7-14-22(26)23-17-16-21(29-23)13-8-5-4-6-9-15-24(27)28-19-20-12-10-11-18-25-20/h10-12,18,21,23H,2-9,13-17,19H2,1H3. The van der Waals surface area contributed by atoms with E-state index >= 15 is 0 Å². The highest BCUT2D eigenvalue weighted by Gasteiger charge is 2.29. The molecule has 2 heterocycles. The van der Waals surface area contributed by atoms with Crippen LogP contribution in [-0.2, 0) is 25.7 Å². The summed E-state index contributed by atoms with van der Waals surface area (Å²) in [5.41, 5.74) is 0.778. The van der Waals surface area contributed by atoms with Gasteiger partial charge in [0.15, 0.2) is 5.78 Å². The number of carbonyl (C=O) groups excluding carboxylic acids is 2. The number of hydrogen-bond acceptors (Lipinski definition) is 5. The number of aromatic nitrogens is 1. The topological polar surface area (TPSA) is 65.5 Å². The SMILES string of the molecule is CCCCCC(=O)C1CCC(CCCCCCCC(=O)OCc2ccccn2)O1. The van der Waals surface area contributed by atoms with E-state index in [0.29, 0.717) is 18.6 Å². The Morgan fingerprint density at radius 3 is 2.62 bits per heavy atom. The molecule has 5 heteroatoms. The van der Waals surface area contributed by atoms with Crippen molar-refractivity contribution in [3.8, 4) is 0 Å². The second-order valence-electron chi connectivity index (χ2n) is 8.04. The van der Waals surface area contributed by atoms with Gasteiger partial charge in [-0.05, 0) is 44.2 Å². The van der Waals surface area contributed by atoms with Gasteiger partial charge in [0, 0.05) is 19.0 Å². The number of ketones is 1. The summed E-state index contributed by atoms with van der Waals surface area (Å²) < 4.78 is 11.2. The maximum atomic E-state index is 12.1. The van der Waals surface area contributed by atoms with Crippen LogP contribution in [0.4, 0.5) is 0 Å². The lowest BCUT2D eigenvalue weighted by Gasteiger charge is -2.13. The van der Waals surface area contributed by atoms with Crippen molar-refractivity contribution in [2.24, 2.45) is 0 Å². The number of esters is 1. The van der Waals surface area contributed by atoms with Gasteiger partial charge in [-0.15, -0.1) is 0 Å². The Morgan fingerprint density at radius 1 is 1.03 bits per heavy atom. The van der Waals surface area contributed by atoms with Crippen molar-refractivity contribution >= 4 is 11.8 Å². The number of unbranched alkanes of at least 4 members (excludes halogenated alkanes) is 6. The third kappa shape index (κ3) is 10.0. The number of pyridine rings is 1. The predicted octanol–water partition coefficient (Wildman–Crippen LogP) is 5.55. The molecule has 0 saturated carbocycles. The van der Waals surface area contributed by atoms with Crippen molar-refractivity contribution in [1.29, 1.82) is 0 Å². The lowest BCUT2D eigenvalue weighted by atomic mass is 10.0. The minimum atomic E-state index is -0.148. The minimum Gasteiger partial charge on any atom is -0.459 e. The Kier molecular flexibility index (Phi) is 11.6. The first-order valence-electron chi connectivity index (χ1n) is 11.4. The molecule has 0 bridgehead atoms. The molecule has 1 saturated heterocycles. The fourth-order valence-corrected chi connectivity index (χ4v) is 3.75. The maximum Gasteiger partial charge on any atom is 0.306 e. The zero-order chi connectivity index (χ0) is 20.7. The molecule has 0 aliphatic carbocycles. The molecule has 0 spiro atoms. The maximum absolute atomic E-state index is 12.1. The highest BCUT2D eigenvalue weighted by Crippen LogP contribution is 2.26. The Balaban J connectivity index is 1.42. The quantitative estimate of drug-likeness (QED) is 0.284. The smallest absolute Gasteiger partial charge is 0.306 e. The van der Waals surface area contributed by atoms with E-state index in [1.807, 2.05) is 18.2 Å². The summed E-state index contributed by atoms with van der Waals surface area (Å²) in [6.45, 7) is 2.41. The molecule has 1 aliphatic rings. The van der Waals surface area contributed by atoms with Gasteiger partial charge in [-0.25, -0.2) is 0 Å². The van der Waals surface area contributed by atoms with Crippen molar-refractivity contribution < 1.29 is 19.1 Å². The lowest BCUT2D eigenvalue weighted by molar-refractivity contribution is -0.145. The third-order valence-corrected chi connectivity index (χ3v) is 5.51. The second kappa shape index (κ2) is 14.3. The first kappa shape index (κ1) is 23.5. The van der Waals surface area contributed by atoms with E-state index in [4.69, 9.17) is 9.47 Å². The van der Waals surface area contributed by atoms with Crippen LogP contribution < -0.4 is 0 Å². The lowest BCUT2D eigenvalue weighted by Crippen LogP contribution is -2.21. The van der Waals surface area contributed by atoms with Crippen molar-refractivity contribution in [1.82, 2.24) is 4.98 Å². The van der Waals surface area contributed by atoms with Crippen molar-refractivity contribution in [2.45, 2.75) is 109 Å². The molecule has 2 atom stereocenters.